The zero-order chi connectivity index (χ0) is 15.3. The molecule has 112 valence electrons. The molecule has 0 unspecified atom stereocenters. The van der Waals surface area contributed by atoms with Crippen molar-refractivity contribution in [3.8, 4) is 0 Å². The summed E-state index contributed by atoms with van der Waals surface area (Å²) in [5.41, 5.74) is 7.52. The zero-order valence-electron chi connectivity index (χ0n) is 11.3. The summed E-state index contributed by atoms with van der Waals surface area (Å²) in [6, 6.07) is 9.22. The molecule has 0 radical (unpaired) electrons. The van der Waals surface area contributed by atoms with Gasteiger partial charge in [-0.2, -0.15) is 0 Å². The van der Waals surface area contributed by atoms with E-state index in [1.165, 1.54) is 18.5 Å². The van der Waals surface area contributed by atoms with Gasteiger partial charge in [0.05, 0.1) is 0 Å². The number of hydrogen-bond acceptors (Lipinski definition) is 4. The number of rotatable bonds is 6. The molecule has 1 aromatic heterocycles. The van der Waals surface area contributed by atoms with Gasteiger partial charge in [-0.1, -0.05) is 24.3 Å². The number of pyridine rings is 1. The Morgan fingerprint density at radius 2 is 1.81 bits per heavy atom. The molecule has 1 heterocycles. The maximum absolute atomic E-state index is 12.1. The number of nitrogens with two attached hydrogens (primary N) is 1. The summed E-state index contributed by atoms with van der Waals surface area (Å²) in [7, 11) is -3.56. The van der Waals surface area contributed by atoms with E-state index in [0.717, 1.165) is 17.5 Å². The molecule has 5 nitrogen and oxygen atoms in total. The van der Waals surface area contributed by atoms with Gasteiger partial charge in [0, 0.05) is 23.4 Å². The van der Waals surface area contributed by atoms with Crippen molar-refractivity contribution in [1.82, 2.24) is 9.71 Å². The summed E-state index contributed by atoms with van der Waals surface area (Å²) in [5, 5.41) is 0. The molecule has 0 atom stereocenters. The van der Waals surface area contributed by atoms with E-state index in [0.29, 0.717) is 11.0 Å². The quantitative estimate of drug-likeness (QED) is 0.813. The lowest BCUT2D eigenvalue weighted by molar-refractivity contribution is 0.581. The highest BCUT2D eigenvalue weighted by Crippen LogP contribution is 2.14. The van der Waals surface area contributed by atoms with Crippen LogP contribution >= 0.6 is 15.9 Å². The largest absolute Gasteiger partial charge is 0.330 e. The Hall–Kier alpha value is -1.28. The number of nitrogens with zero attached hydrogens (tertiary/aromatic N) is 1. The van der Waals surface area contributed by atoms with Crippen LogP contribution in [-0.4, -0.2) is 19.9 Å². The minimum atomic E-state index is -3.56. The first-order chi connectivity index (χ1) is 10.0. The first-order valence-corrected chi connectivity index (χ1v) is 8.67. The number of aromatic nitrogens is 1. The second-order valence-corrected chi connectivity index (χ2v) is 7.20. The number of benzene rings is 1. The van der Waals surface area contributed by atoms with Gasteiger partial charge in [-0.25, -0.2) is 13.1 Å². The van der Waals surface area contributed by atoms with Gasteiger partial charge in [0.15, 0.2) is 0 Å². The molecule has 0 aliphatic rings. The highest BCUT2D eigenvalue weighted by Gasteiger charge is 2.14. The van der Waals surface area contributed by atoms with Crippen LogP contribution in [0.15, 0.2) is 52.1 Å². The third-order valence-corrected chi connectivity index (χ3v) is 4.71. The second kappa shape index (κ2) is 7.13. The van der Waals surface area contributed by atoms with Crippen molar-refractivity contribution in [2.75, 3.05) is 6.54 Å². The van der Waals surface area contributed by atoms with Crippen LogP contribution < -0.4 is 10.5 Å². The van der Waals surface area contributed by atoms with Gasteiger partial charge in [-0.3, -0.25) is 4.98 Å². The van der Waals surface area contributed by atoms with Crippen molar-refractivity contribution in [3.63, 3.8) is 0 Å². The topological polar surface area (TPSA) is 85.1 Å². The predicted octanol–water partition coefficient (Wildman–Crippen LogP) is 1.82. The minimum Gasteiger partial charge on any atom is -0.330 e. The first kappa shape index (κ1) is 16.1. The van der Waals surface area contributed by atoms with Crippen LogP contribution in [0.1, 0.15) is 11.1 Å². The van der Waals surface area contributed by atoms with E-state index in [2.05, 4.69) is 25.6 Å². The first-order valence-electron chi connectivity index (χ1n) is 6.39. The van der Waals surface area contributed by atoms with Crippen LogP contribution in [0.4, 0.5) is 0 Å². The Morgan fingerprint density at radius 1 is 1.14 bits per heavy atom. The summed E-state index contributed by atoms with van der Waals surface area (Å²) < 4.78 is 27.5. The smallest absolute Gasteiger partial charge is 0.242 e. The Kier molecular flexibility index (Phi) is 5.46. The van der Waals surface area contributed by atoms with E-state index in [-0.39, 0.29) is 11.4 Å². The number of sulfonamides is 1. The maximum atomic E-state index is 12.1. The average Bonchev–Trinajstić information content (AvgIpc) is 2.47. The van der Waals surface area contributed by atoms with Crippen LogP contribution in [0.5, 0.6) is 0 Å². The number of nitrogens with one attached hydrogen (secondary N) is 1. The lowest BCUT2D eigenvalue weighted by Gasteiger charge is -2.07. The summed E-state index contributed by atoms with van der Waals surface area (Å²) >= 11 is 3.21. The molecule has 0 saturated heterocycles. The zero-order valence-corrected chi connectivity index (χ0v) is 13.7. The molecule has 2 rings (SSSR count). The van der Waals surface area contributed by atoms with E-state index < -0.39 is 10.0 Å². The van der Waals surface area contributed by atoms with Gasteiger partial charge in [-0.15, -0.1) is 0 Å². The monoisotopic (exact) mass is 369 g/mol. The molecule has 0 amide bonds. The molecule has 0 aliphatic heterocycles. The molecule has 0 fully saturated rings. The minimum absolute atomic E-state index is 0.136. The van der Waals surface area contributed by atoms with Gasteiger partial charge in [-0.05, 0) is 46.1 Å². The number of hydrogen-bond donors (Lipinski definition) is 2. The van der Waals surface area contributed by atoms with E-state index in [9.17, 15) is 8.42 Å². The number of halogens is 1. The lowest BCUT2D eigenvalue weighted by atomic mass is 10.1. The molecule has 2 aromatic rings. The Bertz CT molecular complexity index is 702. The molecule has 7 heteroatoms. The lowest BCUT2D eigenvalue weighted by Crippen LogP contribution is -2.23. The fourth-order valence-corrected chi connectivity index (χ4v) is 3.31. The van der Waals surface area contributed by atoms with Gasteiger partial charge in [0.25, 0.3) is 0 Å². The fourth-order valence-electron chi connectivity index (χ4n) is 1.79. The van der Waals surface area contributed by atoms with Gasteiger partial charge in [0.1, 0.15) is 4.90 Å². The Morgan fingerprint density at radius 3 is 2.43 bits per heavy atom. The van der Waals surface area contributed by atoms with Gasteiger partial charge in [0.2, 0.25) is 10.0 Å². The van der Waals surface area contributed by atoms with E-state index in [1.807, 2.05) is 24.3 Å². The van der Waals surface area contributed by atoms with E-state index >= 15 is 0 Å². The maximum Gasteiger partial charge on any atom is 0.242 e. The molecule has 0 aliphatic carbocycles. The SMILES string of the molecule is NCCc1ccc(CNS(=O)(=O)c2cncc(Br)c2)cc1. The molecule has 0 spiro atoms. The average molecular weight is 370 g/mol. The summed E-state index contributed by atoms with van der Waals surface area (Å²) in [6.07, 6.45) is 3.67. The van der Waals surface area contributed by atoms with E-state index in [4.69, 9.17) is 5.73 Å². The summed E-state index contributed by atoms with van der Waals surface area (Å²) in [6.45, 7) is 0.833. The van der Waals surface area contributed by atoms with Crippen molar-refractivity contribution in [1.29, 1.82) is 0 Å². The second-order valence-electron chi connectivity index (χ2n) is 4.52. The van der Waals surface area contributed by atoms with E-state index in [1.54, 1.807) is 0 Å². The molecular formula is C14H16BrN3O2S. The molecule has 3 N–H and O–H groups in total. The predicted molar refractivity (Wildman–Crippen MR) is 85.2 cm³/mol. The molecule has 0 saturated carbocycles. The van der Waals surface area contributed by atoms with Crippen LogP contribution in [0.3, 0.4) is 0 Å². The van der Waals surface area contributed by atoms with Crippen LogP contribution in [-0.2, 0) is 23.0 Å². The van der Waals surface area contributed by atoms with Crippen LogP contribution in [0, 0.1) is 0 Å². The van der Waals surface area contributed by atoms with Crippen molar-refractivity contribution in [2.45, 2.75) is 17.9 Å². The van der Waals surface area contributed by atoms with Crippen LogP contribution in [0.25, 0.3) is 0 Å². The van der Waals surface area contributed by atoms with Crippen LogP contribution in [0.2, 0.25) is 0 Å². The highest BCUT2D eigenvalue weighted by molar-refractivity contribution is 9.10. The normalized spacial score (nSPS) is 11.5. The highest BCUT2D eigenvalue weighted by atomic mass is 79.9. The van der Waals surface area contributed by atoms with Gasteiger partial charge >= 0.3 is 0 Å². The Labute approximate surface area is 132 Å². The third kappa shape index (κ3) is 4.60. The fraction of sp³-hybridized carbons (Fsp3) is 0.214. The molecule has 0 bridgehead atoms. The molecular weight excluding hydrogens is 354 g/mol. The van der Waals surface area contributed by atoms with Gasteiger partial charge < -0.3 is 5.73 Å². The van der Waals surface area contributed by atoms with Crippen molar-refractivity contribution >= 4 is 26.0 Å². The van der Waals surface area contributed by atoms with Crippen molar-refractivity contribution in [2.24, 2.45) is 5.73 Å². The molecule has 21 heavy (non-hydrogen) atoms. The molecule has 1 aromatic carbocycles. The summed E-state index contributed by atoms with van der Waals surface area (Å²) in [5.74, 6) is 0. The van der Waals surface area contributed by atoms with Crippen molar-refractivity contribution in [3.05, 3.63) is 58.3 Å². The third-order valence-electron chi connectivity index (χ3n) is 2.91. The van der Waals surface area contributed by atoms with Crippen molar-refractivity contribution < 1.29 is 8.42 Å². The Balaban J connectivity index is 2.04. The standard InChI is InChI=1S/C14H16BrN3O2S/c15-13-7-14(10-17-9-13)21(19,20)18-8-12-3-1-11(2-4-12)5-6-16/h1-4,7,9-10,18H,5-6,8,16H2. The summed E-state index contributed by atoms with van der Waals surface area (Å²) in [4.78, 5) is 4.00.